The fourth-order valence-corrected chi connectivity index (χ4v) is 4.29. The van der Waals surface area contributed by atoms with E-state index in [-0.39, 0.29) is 11.5 Å². The van der Waals surface area contributed by atoms with Gasteiger partial charge in [-0.2, -0.15) is 0 Å². The molecule has 1 aliphatic heterocycles. The molecule has 0 unspecified atom stereocenters. The largest absolute Gasteiger partial charge is 0.338 e. The number of hydrogen-bond acceptors (Lipinski definition) is 3. The third-order valence-electron chi connectivity index (χ3n) is 6.02. The van der Waals surface area contributed by atoms with Gasteiger partial charge in [-0.05, 0) is 47.4 Å². The van der Waals surface area contributed by atoms with E-state index in [1.54, 1.807) is 13.1 Å². The maximum Gasteiger partial charge on any atom is 0.258 e. The van der Waals surface area contributed by atoms with Crippen molar-refractivity contribution in [3.8, 4) is 11.1 Å². The van der Waals surface area contributed by atoms with Crippen LogP contribution >= 0.6 is 0 Å². The first kappa shape index (κ1) is 17.2. The van der Waals surface area contributed by atoms with E-state index in [0.717, 1.165) is 46.1 Å². The molecule has 0 N–H and O–H groups in total. The summed E-state index contributed by atoms with van der Waals surface area (Å²) >= 11 is 0. The zero-order chi connectivity index (χ0) is 19.3. The van der Waals surface area contributed by atoms with Crippen LogP contribution in [-0.4, -0.2) is 26.9 Å². The zero-order valence-corrected chi connectivity index (χ0v) is 16.0. The molecule has 1 amide bonds. The summed E-state index contributed by atoms with van der Waals surface area (Å²) in [6.45, 7) is 3.67. The summed E-state index contributed by atoms with van der Waals surface area (Å²) in [6.07, 6.45) is 6.74. The Morgan fingerprint density at radius 3 is 2.86 bits per heavy atom. The minimum atomic E-state index is 0.0865. The van der Waals surface area contributed by atoms with Crippen LogP contribution in [0.3, 0.4) is 0 Å². The summed E-state index contributed by atoms with van der Waals surface area (Å²) in [5.41, 5.74) is 3.97. The average molecular weight is 373 g/mol. The lowest BCUT2D eigenvalue weighted by atomic mass is 9.96. The number of aromatic nitrogens is 2. The predicted octanol–water partition coefficient (Wildman–Crippen LogP) is 3.38. The molecule has 0 bridgehead atoms. The highest BCUT2D eigenvalue weighted by Gasteiger charge is 2.28. The van der Waals surface area contributed by atoms with Crippen molar-refractivity contribution in [2.75, 3.05) is 6.54 Å². The van der Waals surface area contributed by atoms with E-state index in [9.17, 15) is 9.59 Å². The van der Waals surface area contributed by atoms with Crippen molar-refractivity contribution in [2.24, 2.45) is 5.92 Å². The highest BCUT2D eigenvalue weighted by atomic mass is 16.2. The molecule has 1 aliphatic carbocycles. The molecule has 2 aromatic heterocycles. The Kier molecular flexibility index (Phi) is 4.04. The van der Waals surface area contributed by atoms with Gasteiger partial charge in [0.05, 0.1) is 0 Å². The topological polar surface area (TPSA) is 55.2 Å². The summed E-state index contributed by atoms with van der Waals surface area (Å²) in [7, 11) is 0. The molecule has 1 saturated carbocycles. The van der Waals surface area contributed by atoms with Gasteiger partial charge in [0, 0.05) is 62.0 Å². The Bertz CT molecular complexity index is 1140. The number of carbonyl (C=O) groups is 1. The fraction of sp³-hybridized carbons (Fsp3) is 0.348. The third kappa shape index (κ3) is 2.91. The van der Waals surface area contributed by atoms with Gasteiger partial charge in [0.15, 0.2) is 0 Å². The van der Waals surface area contributed by atoms with Gasteiger partial charge >= 0.3 is 0 Å². The zero-order valence-electron chi connectivity index (χ0n) is 16.0. The number of rotatable bonds is 3. The van der Waals surface area contributed by atoms with Gasteiger partial charge in [0.25, 0.3) is 5.56 Å². The Morgan fingerprint density at radius 1 is 1.21 bits per heavy atom. The Morgan fingerprint density at radius 2 is 2.07 bits per heavy atom. The van der Waals surface area contributed by atoms with Crippen molar-refractivity contribution in [3.63, 3.8) is 0 Å². The molecule has 0 saturated heterocycles. The maximum absolute atomic E-state index is 13.5. The van der Waals surface area contributed by atoms with Gasteiger partial charge < -0.3 is 9.47 Å². The molecule has 0 spiro atoms. The predicted molar refractivity (Wildman–Crippen MR) is 109 cm³/mol. The molecular formula is C23H23N3O2. The van der Waals surface area contributed by atoms with Crippen molar-refractivity contribution >= 4 is 16.7 Å². The number of nitrogens with zero attached hydrogens (tertiary/aromatic N) is 3. The molecule has 0 atom stereocenters. The average Bonchev–Trinajstić information content (AvgIpc) is 3.53. The first-order valence-electron chi connectivity index (χ1n) is 9.96. The SMILES string of the molecule is CC(=O)N1CCc2c(cc(-c3cccc4cnccc34)c(=O)n2CC2CC2)C1. The minimum Gasteiger partial charge on any atom is -0.338 e. The Labute approximate surface area is 163 Å². The Hall–Kier alpha value is -2.95. The lowest BCUT2D eigenvalue weighted by Crippen LogP contribution is -2.38. The van der Waals surface area contributed by atoms with Crippen molar-refractivity contribution in [1.82, 2.24) is 14.5 Å². The highest BCUT2D eigenvalue weighted by Crippen LogP contribution is 2.33. The molecule has 5 rings (SSSR count). The van der Waals surface area contributed by atoms with E-state index in [0.29, 0.717) is 19.0 Å². The van der Waals surface area contributed by atoms with E-state index in [1.165, 1.54) is 12.8 Å². The van der Waals surface area contributed by atoms with Crippen LogP contribution in [0, 0.1) is 5.92 Å². The van der Waals surface area contributed by atoms with Gasteiger partial charge in [-0.15, -0.1) is 0 Å². The summed E-state index contributed by atoms with van der Waals surface area (Å²) < 4.78 is 2.00. The summed E-state index contributed by atoms with van der Waals surface area (Å²) in [4.78, 5) is 31.5. The molecule has 3 heterocycles. The first-order valence-corrected chi connectivity index (χ1v) is 9.96. The van der Waals surface area contributed by atoms with Crippen LogP contribution in [-0.2, 0) is 24.3 Å². The standard InChI is InChI=1S/C23H23N3O2/c1-15(27)25-10-8-22-18(14-25)11-21(23(28)26(22)13-16-5-6-16)20-4-2-3-17-12-24-9-7-19(17)20/h2-4,7,9,11-12,16H,5-6,8,10,13-14H2,1H3. The molecule has 1 aromatic carbocycles. The van der Waals surface area contributed by atoms with E-state index < -0.39 is 0 Å². The highest BCUT2D eigenvalue weighted by molar-refractivity contribution is 5.96. The quantitative estimate of drug-likeness (QED) is 0.707. The number of pyridine rings is 2. The van der Waals surface area contributed by atoms with Crippen molar-refractivity contribution < 1.29 is 4.79 Å². The maximum atomic E-state index is 13.5. The van der Waals surface area contributed by atoms with Crippen LogP contribution < -0.4 is 5.56 Å². The van der Waals surface area contributed by atoms with Gasteiger partial charge in [0.2, 0.25) is 5.91 Å². The molecule has 142 valence electrons. The molecule has 5 heteroatoms. The van der Waals surface area contributed by atoms with Crippen LogP contribution in [0.25, 0.3) is 21.9 Å². The second-order valence-electron chi connectivity index (χ2n) is 7.98. The van der Waals surface area contributed by atoms with Crippen molar-refractivity contribution in [1.29, 1.82) is 0 Å². The van der Waals surface area contributed by atoms with Gasteiger partial charge in [-0.1, -0.05) is 18.2 Å². The summed E-state index contributed by atoms with van der Waals surface area (Å²) in [5, 5.41) is 2.06. The Balaban J connectivity index is 1.72. The minimum absolute atomic E-state index is 0.0865. The van der Waals surface area contributed by atoms with E-state index in [1.807, 2.05) is 46.0 Å². The number of benzene rings is 1. The second-order valence-corrected chi connectivity index (χ2v) is 7.98. The second kappa shape index (κ2) is 6.59. The van der Waals surface area contributed by atoms with E-state index >= 15 is 0 Å². The fourth-order valence-electron chi connectivity index (χ4n) is 4.29. The van der Waals surface area contributed by atoms with Crippen LogP contribution in [0.4, 0.5) is 0 Å². The number of carbonyl (C=O) groups excluding carboxylic acids is 1. The molecule has 3 aromatic rings. The summed E-state index contributed by atoms with van der Waals surface area (Å²) in [5.74, 6) is 0.697. The molecular weight excluding hydrogens is 350 g/mol. The van der Waals surface area contributed by atoms with Gasteiger partial charge in [-0.25, -0.2) is 0 Å². The number of fused-ring (bicyclic) bond motifs is 2. The molecule has 1 fully saturated rings. The monoisotopic (exact) mass is 373 g/mol. The normalized spacial score (nSPS) is 16.2. The molecule has 0 radical (unpaired) electrons. The van der Waals surface area contributed by atoms with Crippen molar-refractivity contribution in [2.45, 2.75) is 39.3 Å². The molecule has 28 heavy (non-hydrogen) atoms. The molecule has 2 aliphatic rings. The number of hydrogen-bond donors (Lipinski definition) is 0. The summed E-state index contributed by atoms with van der Waals surface area (Å²) in [6, 6.07) is 10.00. The van der Waals surface area contributed by atoms with Crippen LogP contribution in [0.5, 0.6) is 0 Å². The van der Waals surface area contributed by atoms with E-state index in [4.69, 9.17) is 0 Å². The lowest BCUT2D eigenvalue weighted by Gasteiger charge is -2.30. The van der Waals surface area contributed by atoms with Crippen LogP contribution in [0.2, 0.25) is 0 Å². The lowest BCUT2D eigenvalue weighted by molar-refractivity contribution is -0.129. The van der Waals surface area contributed by atoms with Crippen molar-refractivity contribution in [3.05, 3.63) is 64.3 Å². The van der Waals surface area contributed by atoms with Crippen LogP contribution in [0.1, 0.15) is 31.0 Å². The number of amides is 1. The van der Waals surface area contributed by atoms with Gasteiger partial charge in [0.1, 0.15) is 0 Å². The third-order valence-corrected chi connectivity index (χ3v) is 6.02. The smallest absolute Gasteiger partial charge is 0.258 e. The first-order chi connectivity index (χ1) is 13.6. The van der Waals surface area contributed by atoms with Gasteiger partial charge in [-0.3, -0.25) is 14.6 Å². The molecule has 5 nitrogen and oxygen atoms in total. The van der Waals surface area contributed by atoms with Crippen LogP contribution in [0.15, 0.2) is 47.5 Å². The van der Waals surface area contributed by atoms with E-state index in [2.05, 4.69) is 4.98 Å².